The van der Waals surface area contributed by atoms with Crippen molar-refractivity contribution in [3.63, 3.8) is 0 Å². The Morgan fingerprint density at radius 1 is 1.10 bits per heavy atom. The summed E-state index contributed by atoms with van der Waals surface area (Å²) in [6.07, 6.45) is -2.88. The molecule has 0 spiro atoms. The smallest absolute Gasteiger partial charge is 0.351 e. The molecule has 3 aromatic rings. The molecule has 1 aromatic heterocycles. The third-order valence-corrected chi connectivity index (χ3v) is 8.36. The number of nitrogens with zero attached hydrogens (tertiary/aromatic N) is 4. The maximum absolute atomic E-state index is 14.5. The largest absolute Gasteiger partial charge is 0.451 e. The van der Waals surface area contributed by atoms with Crippen LogP contribution in [-0.4, -0.2) is 46.7 Å². The van der Waals surface area contributed by atoms with Gasteiger partial charge in [-0.05, 0) is 48.9 Å². The lowest BCUT2D eigenvalue weighted by Gasteiger charge is -2.25. The first-order valence-corrected chi connectivity index (χ1v) is 12.9. The fourth-order valence-corrected chi connectivity index (χ4v) is 6.14. The monoisotopic (exact) mass is 566 g/mol. The number of carbonyl (C=O) groups excluding carboxylic acids is 1. The van der Waals surface area contributed by atoms with Crippen molar-refractivity contribution in [2.45, 2.75) is 49.1 Å². The van der Waals surface area contributed by atoms with Crippen molar-refractivity contribution in [2.24, 2.45) is 0 Å². The molecule has 1 aliphatic heterocycles. The second-order valence-electron chi connectivity index (χ2n) is 8.81. The number of hydrogen-bond donors (Lipinski definition) is 1. The summed E-state index contributed by atoms with van der Waals surface area (Å²) in [5, 5.41) is 2.51. The molecule has 0 bridgehead atoms. The molecule has 39 heavy (non-hydrogen) atoms. The van der Waals surface area contributed by atoms with Gasteiger partial charge in [-0.3, -0.25) is 4.79 Å². The molecule has 4 rings (SSSR count). The molecule has 1 N–H and O–H groups in total. The van der Waals surface area contributed by atoms with Gasteiger partial charge in [0.05, 0.1) is 11.3 Å². The van der Waals surface area contributed by atoms with Gasteiger partial charge in [0, 0.05) is 30.1 Å². The summed E-state index contributed by atoms with van der Waals surface area (Å²) in [6.45, 7) is 6.61. The second kappa shape index (κ2) is 10.7. The van der Waals surface area contributed by atoms with Crippen LogP contribution in [0.15, 0.2) is 59.8 Å². The maximum Gasteiger partial charge on any atom is 0.451 e. The number of rotatable bonds is 6. The predicted octanol–water partition coefficient (Wildman–Crippen LogP) is 4.24. The fraction of sp³-hybridized carbons (Fsp3) is 0.280. The lowest BCUT2D eigenvalue weighted by molar-refractivity contribution is -0.145. The van der Waals surface area contributed by atoms with Crippen LogP contribution >= 0.6 is 0 Å². The minimum atomic E-state index is -4.72. The van der Waals surface area contributed by atoms with Gasteiger partial charge in [-0.25, -0.2) is 27.2 Å². The molecule has 1 saturated heterocycles. The summed E-state index contributed by atoms with van der Waals surface area (Å²) in [5.41, 5.74) is 0.468. The van der Waals surface area contributed by atoms with Crippen molar-refractivity contribution in [1.82, 2.24) is 19.6 Å². The average Bonchev–Trinajstić information content (AvgIpc) is 3.25. The lowest BCUT2D eigenvalue weighted by atomic mass is 10.0. The molecule has 8 nitrogen and oxygen atoms in total. The molecule has 2 aromatic carbocycles. The van der Waals surface area contributed by atoms with E-state index < -0.39 is 57.7 Å². The van der Waals surface area contributed by atoms with E-state index in [2.05, 4.69) is 20.1 Å². The van der Waals surface area contributed by atoms with E-state index in [1.54, 1.807) is 0 Å². The average molecular weight is 567 g/mol. The number of carbonyl (C=O) groups is 1. The molecule has 0 aliphatic carbocycles. The number of aromatic nitrogens is 2. The summed E-state index contributed by atoms with van der Waals surface area (Å²) in [6, 6.07) is 5.03. The van der Waals surface area contributed by atoms with Gasteiger partial charge in [-0.1, -0.05) is 10.9 Å². The SMILES string of the molecule is C#[N+][C@@H]1C[C@@H](C(=O)NCc2cc(-c3cnc(C(F)(F)F)nc3)ccc2F)N(S(=O)(=O)c2ccc(F)cc2)[C@H]1C. The molecule has 204 valence electrons. The zero-order valence-electron chi connectivity index (χ0n) is 20.2. The first-order valence-electron chi connectivity index (χ1n) is 11.5. The number of halogens is 5. The van der Waals surface area contributed by atoms with Gasteiger partial charge in [0.25, 0.3) is 12.6 Å². The van der Waals surface area contributed by atoms with Gasteiger partial charge in [0.1, 0.15) is 23.7 Å². The maximum atomic E-state index is 14.5. The summed E-state index contributed by atoms with van der Waals surface area (Å²) in [5.74, 6) is -3.42. The first-order chi connectivity index (χ1) is 18.3. The van der Waals surface area contributed by atoms with E-state index in [1.165, 1.54) is 19.1 Å². The molecule has 1 amide bonds. The normalized spacial score (nSPS) is 20.0. The van der Waals surface area contributed by atoms with Gasteiger partial charge < -0.3 is 5.32 Å². The van der Waals surface area contributed by atoms with E-state index in [-0.39, 0.29) is 29.0 Å². The summed E-state index contributed by atoms with van der Waals surface area (Å²) in [4.78, 5) is 23.2. The van der Waals surface area contributed by atoms with Crippen LogP contribution in [-0.2, 0) is 27.5 Å². The first kappa shape index (κ1) is 28.1. The summed E-state index contributed by atoms with van der Waals surface area (Å²) >= 11 is 0. The molecule has 2 heterocycles. The van der Waals surface area contributed by atoms with Crippen molar-refractivity contribution < 1.29 is 35.2 Å². The number of alkyl halides is 3. The Morgan fingerprint density at radius 3 is 2.33 bits per heavy atom. The molecule has 1 aliphatic rings. The summed E-state index contributed by atoms with van der Waals surface area (Å²) < 4.78 is 93.8. The molecule has 14 heteroatoms. The Balaban J connectivity index is 1.55. The number of amides is 1. The van der Waals surface area contributed by atoms with Crippen LogP contribution in [0, 0.1) is 18.2 Å². The van der Waals surface area contributed by atoms with E-state index in [9.17, 15) is 35.2 Å². The van der Waals surface area contributed by atoms with Crippen LogP contribution < -0.4 is 5.32 Å². The second-order valence-corrected chi connectivity index (χ2v) is 10.7. The van der Waals surface area contributed by atoms with Crippen LogP contribution in [0.4, 0.5) is 22.0 Å². The van der Waals surface area contributed by atoms with Gasteiger partial charge in [0.15, 0.2) is 0 Å². The zero-order chi connectivity index (χ0) is 28.5. The topological polar surface area (TPSA) is 96.6 Å². The van der Waals surface area contributed by atoms with Crippen LogP contribution in [0.3, 0.4) is 0 Å². The van der Waals surface area contributed by atoms with Gasteiger partial charge >= 0.3 is 6.18 Å². The number of hydrogen-bond acceptors (Lipinski definition) is 5. The molecule has 3 atom stereocenters. The molecule has 0 saturated carbocycles. The number of benzene rings is 2. The van der Waals surface area contributed by atoms with Crippen molar-refractivity contribution in [2.75, 3.05) is 0 Å². The van der Waals surface area contributed by atoms with Crippen LogP contribution in [0.2, 0.25) is 0 Å². The van der Waals surface area contributed by atoms with E-state index in [0.717, 1.165) is 47.0 Å². The number of sulfonamides is 1. The van der Waals surface area contributed by atoms with Gasteiger partial charge in [-0.15, -0.1) is 0 Å². The highest BCUT2D eigenvalue weighted by Gasteiger charge is 2.53. The third-order valence-electron chi connectivity index (χ3n) is 6.35. The van der Waals surface area contributed by atoms with Gasteiger partial charge in [0.2, 0.25) is 21.8 Å². The highest BCUT2D eigenvalue weighted by Crippen LogP contribution is 2.33. The number of nitrogens with one attached hydrogen (secondary N) is 1. The Morgan fingerprint density at radius 2 is 1.74 bits per heavy atom. The summed E-state index contributed by atoms with van der Waals surface area (Å²) in [7, 11) is -4.27. The molecule has 1 fully saturated rings. The van der Waals surface area contributed by atoms with Crippen LogP contribution in [0.1, 0.15) is 24.7 Å². The highest BCUT2D eigenvalue weighted by atomic mass is 32.2. The van der Waals surface area contributed by atoms with Crippen LogP contribution in [0.25, 0.3) is 16.0 Å². The van der Waals surface area contributed by atoms with Crippen molar-refractivity contribution >= 4 is 15.9 Å². The van der Waals surface area contributed by atoms with Gasteiger partial charge in [-0.2, -0.15) is 17.5 Å². The van der Waals surface area contributed by atoms with Crippen molar-refractivity contribution in [1.29, 1.82) is 0 Å². The minimum absolute atomic E-state index is 0.0141. The quantitative estimate of drug-likeness (QED) is 0.451. The Bertz CT molecular complexity index is 1520. The van der Waals surface area contributed by atoms with Crippen molar-refractivity contribution in [3.05, 3.63) is 82.7 Å². The third kappa shape index (κ3) is 5.74. The highest BCUT2D eigenvalue weighted by molar-refractivity contribution is 7.89. The van der Waals surface area contributed by atoms with E-state index in [0.29, 0.717) is 5.56 Å². The molecule has 0 unspecified atom stereocenters. The van der Waals surface area contributed by atoms with E-state index in [1.807, 2.05) is 0 Å². The molecule has 0 radical (unpaired) electrons. The minimum Gasteiger partial charge on any atom is -0.351 e. The Labute approximate surface area is 220 Å². The predicted molar refractivity (Wildman–Crippen MR) is 130 cm³/mol. The van der Waals surface area contributed by atoms with Crippen LogP contribution in [0.5, 0.6) is 0 Å². The fourth-order valence-electron chi connectivity index (χ4n) is 4.32. The Hall–Kier alpha value is -3.96. The molecular formula is C25H21F5N5O3S+. The standard InChI is InChI=1S/C25H20F5N5O3S/c1-14-21(31-2)10-22(35(14)39(37,38)19-6-4-18(26)5-7-19)23(36)32-11-16-9-15(3-8-20(16)27)17-12-33-24(34-13-17)25(28,29)30/h2-9,12-14,21-22H,10-11H2,1H3/p+1/t14-,21+,22-/m0/s1. The van der Waals surface area contributed by atoms with E-state index >= 15 is 0 Å². The lowest BCUT2D eigenvalue weighted by Crippen LogP contribution is -2.48. The van der Waals surface area contributed by atoms with Crippen molar-refractivity contribution in [3.8, 4) is 17.7 Å². The van der Waals surface area contributed by atoms with E-state index in [4.69, 9.17) is 6.57 Å². The molecular weight excluding hydrogens is 545 g/mol. The zero-order valence-corrected chi connectivity index (χ0v) is 21.0. The Kier molecular flexibility index (Phi) is 7.67.